The summed E-state index contributed by atoms with van der Waals surface area (Å²) < 4.78 is 30.6. The zero-order valence-corrected chi connectivity index (χ0v) is 27.5. The van der Waals surface area contributed by atoms with Crippen molar-refractivity contribution in [2.45, 2.75) is 117 Å². The monoisotopic (exact) mass is 612 g/mol. The molecule has 0 bridgehead atoms. The van der Waals surface area contributed by atoms with E-state index in [4.69, 9.17) is 23.7 Å². The van der Waals surface area contributed by atoms with E-state index in [2.05, 4.69) is 27.7 Å². The Morgan fingerprint density at radius 1 is 1.18 bits per heavy atom. The molecule has 9 heteroatoms. The normalized spacial score (nSPS) is 44.0. The van der Waals surface area contributed by atoms with Crippen molar-refractivity contribution in [3.05, 3.63) is 34.4 Å². The van der Waals surface area contributed by atoms with Crippen LogP contribution in [-0.4, -0.2) is 72.9 Å². The highest BCUT2D eigenvalue weighted by Gasteiger charge is 2.76. The van der Waals surface area contributed by atoms with Gasteiger partial charge >= 0.3 is 17.9 Å². The number of allylic oxidation sites excluding steroid dienone is 2. The van der Waals surface area contributed by atoms with E-state index >= 15 is 0 Å². The standard InChI is InChI=1S/C35H48O9/c1-17(2)12-26(37)43-23-10-11-33(6)22(15-25(36)40-9)35(8)27-18(3)19(20-14-24(32(4,5)39)44-31(20)38)13-21(27)42-30(35)28-29(33)34(23,7)16-41-28/h12,14,19,21-24,28-30,39H,10-11,13,15-16H2,1-9H3/t19-,21-,22-,23-,24+,28-,29-,30-,33-,34-,35-/m1/s1. The van der Waals surface area contributed by atoms with E-state index in [1.807, 2.05) is 13.8 Å². The minimum Gasteiger partial charge on any atom is -0.469 e. The lowest BCUT2D eigenvalue weighted by atomic mass is 9.40. The Bertz CT molecular complexity index is 1360. The van der Waals surface area contributed by atoms with Crippen LogP contribution in [0.4, 0.5) is 0 Å². The van der Waals surface area contributed by atoms with Crippen molar-refractivity contribution in [2.75, 3.05) is 13.7 Å². The molecule has 6 aliphatic rings. The first-order chi connectivity index (χ1) is 20.5. The molecule has 3 heterocycles. The summed E-state index contributed by atoms with van der Waals surface area (Å²) in [5.41, 5.74) is 1.14. The summed E-state index contributed by atoms with van der Waals surface area (Å²) in [4.78, 5) is 39.0. The minimum absolute atomic E-state index is 0.00317. The molecular formula is C35H48O9. The summed E-state index contributed by atoms with van der Waals surface area (Å²) >= 11 is 0. The SMILES string of the molecule is COC(=O)C[C@@H]1[C@@]2(C)CC[C@@H](OC(=O)C=C(C)C)[C@@]3(C)CO[C@H]([C@H]23)[C@H]2O[C@@H]3C[C@@H](C4=C[C@@H](C(C)(C)O)OC4=O)C(C)=C3[C@]21C. The molecule has 2 saturated carbocycles. The third-order valence-corrected chi connectivity index (χ3v) is 12.2. The minimum atomic E-state index is -1.19. The second-order valence-electron chi connectivity index (χ2n) is 15.6. The van der Waals surface area contributed by atoms with Gasteiger partial charge in [0.15, 0.2) is 0 Å². The van der Waals surface area contributed by atoms with Crippen LogP contribution in [-0.2, 0) is 38.1 Å². The van der Waals surface area contributed by atoms with Gasteiger partial charge in [-0.15, -0.1) is 0 Å². The highest BCUT2D eigenvalue weighted by Crippen LogP contribution is 2.73. The van der Waals surface area contributed by atoms with Gasteiger partial charge in [0.25, 0.3) is 0 Å². The first-order valence-corrected chi connectivity index (χ1v) is 16.0. The molecule has 0 aromatic carbocycles. The Morgan fingerprint density at radius 2 is 1.89 bits per heavy atom. The van der Waals surface area contributed by atoms with Crippen LogP contribution in [0.2, 0.25) is 0 Å². The second-order valence-corrected chi connectivity index (χ2v) is 15.6. The number of esters is 3. The van der Waals surface area contributed by atoms with Gasteiger partial charge in [-0.1, -0.05) is 31.9 Å². The van der Waals surface area contributed by atoms with Crippen molar-refractivity contribution in [1.82, 2.24) is 0 Å². The molecule has 6 rings (SSSR count). The van der Waals surface area contributed by atoms with Crippen LogP contribution in [0.5, 0.6) is 0 Å². The largest absolute Gasteiger partial charge is 0.469 e. The molecule has 0 aromatic heterocycles. The smallest absolute Gasteiger partial charge is 0.335 e. The lowest BCUT2D eigenvalue weighted by Gasteiger charge is -2.63. The molecule has 1 N–H and O–H groups in total. The average molecular weight is 613 g/mol. The molecule has 11 atom stereocenters. The molecular weight excluding hydrogens is 564 g/mol. The number of ether oxygens (including phenoxy) is 5. The number of hydrogen-bond donors (Lipinski definition) is 1. The molecule has 242 valence electrons. The lowest BCUT2D eigenvalue weighted by molar-refractivity contribution is -0.213. The Labute approximate surface area is 260 Å². The summed E-state index contributed by atoms with van der Waals surface area (Å²) in [6.45, 7) is 16.2. The molecule has 2 saturated heterocycles. The van der Waals surface area contributed by atoms with E-state index in [0.717, 1.165) is 23.1 Å². The molecule has 0 radical (unpaired) electrons. The Hall–Kier alpha value is -2.49. The number of carbonyl (C=O) groups is 3. The molecule has 9 nitrogen and oxygen atoms in total. The Balaban J connectivity index is 1.42. The van der Waals surface area contributed by atoms with E-state index in [1.165, 1.54) is 13.2 Å². The zero-order valence-electron chi connectivity index (χ0n) is 27.5. The number of cyclic esters (lactones) is 1. The summed E-state index contributed by atoms with van der Waals surface area (Å²) in [6, 6.07) is 0. The van der Waals surface area contributed by atoms with E-state index < -0.39 is 28.5 Å². The number of rotatable bonds is 6. The number of fused-ring (bicyclic) bond motifs is 4. The highest BCUT2D eigenvalue weighted by atomic mass is 16.6. The van der Waals surface area contributed by atoms with Crippen molar-refractivity contribution in [3.8, 4) is 0 Å². The molecule has 0 amide bonds. The summed E-state index contributed by atoms with van der Waals surface area (Å²) in [7, 11) is 1.43. The second kappa shape index (κ2) is 10.3. The van der Waals surface area contributed by atoms with Crippen LogP contribution in [0.3, 0.4) is 0 Å². The molecule has 3 aliphatic heterocycles. The first-order valence-electron chi connectivity index (χ1n) is 16.0. The van der Waals surface area contributed by atoms with Gasteiger partial charge in [-0.2, -0.15) is 0 Å². The summed E-state index contributed by atoms with van der Waals surface area (Å²) in [5.74, 6) is -1.33. The quantitative estimate of drug-likeness (QED) is 0.199. The van der Waals surface area contributed by atoms with E-state index in [-0.39, 0.29) is 65.9 Å². The van der Waals surface area contributed by atoms with Crippen LogP contribution >= 0.6 is 0 Å². The first kappa shape index (κ1) is 31.5. The highest BCUT2D eigenvalue weighted by molar-refractivity contribution is 5.92. The Kier molecular flexibility index (Phi) is 7.34. The van der Waals surface area contributed by atoms with Crippen LogP contribution in [0.1, 0.15) is 81.1 Å². The van der Waals surface area contributed by atoms with Crippen LogP contribution in [0.25, 0.3) is 0 Å². The fourth-order valence-corrected chi connectivity index (χ4v) is 10.4. The maximum atomic E-state index is 13.1. The maximum absolute atomic E-state index is 13.1. The molecule has 44 heavy (non-hydrogen) atoms. The van der Waals surface area contributed by atoms with E-state index in [0.29, 0.717) is 25.0 Å². The van der Waals surface area contributed by atoms with Gasteiger partial charge in [-0.25, -0.2) is 9.59 Å². The van der Waals surface area contributed by atoms with Gasteiger partial charge in [0.2, 0.25) is 0 Å². The van der Waals surface area contributed by atoms with E-state index in [9.17, 15) is 19.5 Å². The van der Waals surface area contributed by atoms with Crippen molar-refractivity contribution in [3.63, 3.8) is 0 Å². The van der Waals surface area contributed by atoms with Crippen molar-refractivity contribution >= 4 is 17.9 Å². The fraction of sp³-hybridized carbons (Fsp3) is 0.743. The predicted molar refractivity (Wildman–Crippen MR) is 160 cm³/mol. The van der Waals surface area contributed by atoms with Gasteiger partial charge in [0.05, 0.1) is 37.6 Å². The molecule has 4 fully saturated rings. The third-order valence-electron chi connectivity index (χ3n) is 12.2. The number of aliphatic hydroxyl groups is 1. The van der Waals surface area contributed by atoms with Crippen molar-refractivity contribution < 1.29 is 43.2 Å². The molecule has 0 unspecified atom stereocenters. The number of carbonyl (C=O) groups excluding carboxylic acids is 3. The lowest BCUT2D eigenvalue weighted by Crippen LogP contribution is -2.66. The average Bonchev–Trinajstić information content (AvgIpc) is 3.65. The van der Waals surface area contributed by atoms with Gasteiger partial charge in [-0.05, 0) is 76.9 Å². The topological polar surface area (TPSA) is 118 Å². The molecule has 0 spiro atoms. The number of hydrogen-bond acceptors (Lipinski definition) is 9. The third kappa shape index (κ3) is 4.39. The predicted octanol–water partition coefficient (Wildman–Crippen LogP) is 4.61. The fourth-order valence-electron chi connectivity index (χ4n) is 10.4. The van der Waals surface area contributed by atoms with E-state index in [1.54, 1.807) is 19.9 Å². The molecule has 3 aliphatic carbocycles. The van der Waals surface area contributed by atoms with Gasteiger partial charge in [0, 0.05) is 40.7 Å². The van der Waals surface area contributed by atoms with Crippen LogP contribution < -0.4 is 0 Å². The van der Waals surface area contributed by atoms with Gasteiger partial charge in [0.1, 0.15) is 12.2 Å². The summed E-state index contributed by atoms with van der Waals surface area (Å²) in [6.07, 6.45) is 3.73. The number of methoxy groups -OCH3 is 1. The van der Waals surface area contributed by atoms with Crippen LogP contribution in [0, 0.1) is 34.0 Å². The maximum Gasteiger partial charge on any atom is 0.335 e. The van der Waals surface area contributed by atoms with Gasteiger partial charge < -0.3 is 28.8 Å². The van der Waals surface area contributed by atoms with Gasteiger partial charge in [-0.3, -0.25) is 4.79 Å². The van der Waals surface area contributed by atoms with Crippen molar-refractivity contribution in [1.29, 1.82) is 0 Å². The zero-order chi connectivity index (χ0) is 32.1. The molecule has 0 aromatic rings. The Morgan fingerprint density at radius 3 is 2.50 bits per heavy atom. The summed E-state index contributed by atoms with van der Waals surface area (Å²) in [5, 5.41) is 10.5. The van der Waals surface area contributed by atoms with Crippen LogP contribution in [0.15, 0.2) is 34.4 Å². The van der Waals surface area contributed by atoms with Crippen molar-refractivity contribution in [2.24, 2.45) is 34.0 Å².